The summed E-state index contributed by atoms with van der Waals surface area (Å²) in [7, 11) is 0. The van der Waals surface area contributed by atoms with E-state index >= 15 is 0 Å². The molecule has 0 aromatic rings. The van der Waals surface area contributed by atoms with E-state index in [4.69, 9.17) is 14.9 Å². The van der Waals surface area contributed by atoms with Crippen molar-refractivity contribution < 1.29 is 30.3 Å². The van der Waals surface area contributed by atoms with Gasteiger partial charge in [-0.05, 0) is 6.92 Å². The van der Waals surface area contributed by atoms with E-state index in [1.54, 1.807) is 0 Å². The minimum atomic E-state index is -1.63. The number of hydrogen-bond acceptors (Lipinski definition) is 6. The van der Waals surface area contributed by atoms with Crippen molar-refractivity contribution >= 4 is 0 Å². The fourth-order valence-electron chi connectivity index (χ4n) is 1.13. The minimum Gasteiger partial charge on any atom is -0.394 e. The molecule has 5 atom stereocenters. The van der Waals surface area contributed by atoms with Gasteiger partial charge in [0.25, 0.3) is 0 Å². The Morgan fingerprint density at radius 2 is 1.69 bits per heavy atom. The second-order valence-corrected chi connectivity index (χ2v) is 3.55. The van der Waals surface area contributed by atoms with E-state index in [9.17, 15) is 15.3 Å². The standard InChI is InChI=1S/C10H20O6/c1-3-4-16-6(2)8(13)10(15)9(14)7(12)5-11/h3,6-15H,1,4-5H2,2H3. The summed E-state index contributed by atoms with van der Waals surface area (Å²) in [6, 6.07) is 0. The molecule has 0 aliphatic heterocycles. The van der Waals surface area contributed by atoms with Gasteiger partial charge in [-0.25, -0.2) is 0 Å². The summed E-state index contributed by atoms with van der Waals surface area (Å²) < 4.78 is 5.05. The predicted molar refractivity (Wildman–Crippen MR) is 56.7 cm³/mol. The van der Waals surface area contributed by atoms with Crippen LogP contribution < -0.4 is 0 Å². The number of aliphatic hydroxyl groups excluding tert-OH is 5. The highest BCUT2D eigenvalue weighted by Gasteiger charge is 2.33. The first-order valence-corrected chi connectivity index (χ1v) is 5.01. The summed E-state index contributed by atoms with van der Waals surface area (Å²) in [4.78, 5) is 0. The molecule has 96 valence electrons. The summed E-state index contributed by atoms with van der Waals surface area (Å²) in [5.41, 5.74) is 0. The van der Waals surface area contributed by atoms with Crippen LogP contribution >= 0.6 is 0 Å². The highest BCUT2D eigenvalue weighted by molar-refractivity contribution is 4.84. The van der Waals surface area contributed by atoms with Gasteiger partial charge >= 0.3 is 0 Å². The van der Waals surface area contributed by atoms with E-state index in [1.807, 2.05) is 0 Å². The molecule has 0 saturated heterocycles. The Morgan fingerprint density at radius 1 is 1.12 bits per heavy atom. The van der Waals surface area contributed by atoms with Crippen molar-refractivity contribution in [2.75, 3.05) is 13.2 Å². The zero-order valence-corrected chi connectivity index (χ0v) is 9.23. The monoisotopic (exact) mass is 236 g/mol. The molecule has 16 heavy (non-hydrogen) atoms. The molecule has 5 unspecified atom stereocenters. The molecule has 0 saturated carbocycles. The predicted octanol–water partition coefficient (Wildman–Crippen LogP) is -1.99. The minimum absolute atomic E-state index is 0.198. The lowest BCUT2D eigenvalue weighted by Gasteiger charge is -2.28. The Kier molecular flexibility index (Phi) is 7.48. The number of rotatable bonds is 8. The quantitative estimate of drug-likeness (QED) is 0.312. The van der Waals surface area contributed by atoms with Crippen LogP contribution in [0, 0.1) is 0 Å². The molecule has 5 N–H and O–H groups in total. The van der Waals surface area contributed by atoms with Crippen LogP contribution in [0.3, 0.4) is 0 Å². The third-order valence-electron chi connectivity index (χ3n) is 2.24. The Labute approximate surface area is 94.4 Å². The van der Waals surface area contributed by atoms with Crippen molar-refractivity contribution in [1.29, 1.82) is 0 Å². The Hall–Kier alpha value is -0.500. The summed E-state index contributed by atoms with van der Waals surface area (Å²) in [5.74, 6) is 0. The van der Waals surface area contributed by atoms with Gasteiger partial charge in [-0.15, -0.1) is 6.58 Å². The van der Waals surface area contributed by atoms with E-state index in [0.717, 1.165) is 0 Å². The maximum absolute atomic E-state index is 9.57. The van der Waals surface area contributed by atoms with Crippen molar-refractivity contribution in [3.63, 3.8) is 0 Å². The number of aliphatic hydroxyl groups is 5. The van der Waals surface area contributed by atoms with Crippen LogP contribution in [0.4, 0.5) is 0 Å². The van der Waals surface area contributed by atoms with Gasteiger partial charge in [0.05, 0.1) is 19.3 Å². The Balaban J connectivity index is 4.24. The fraction of sp³-hybridized carbons (Fsp3) is 0.800. The second-order valence-electron chi connectivity index (χ2n) is 3.55. The lowest BCUT2D eigenvalue weighted by molar-refractivity contribution is -0.145. The lowest BCUT2D eigenvalue weighted by Crippen LogP contribution is -2.49. The van der Waals surface area contributed by atoms with Crippen LogP contribution in [0.2, 0.25) is 0 Å². The van der Waals surface area contributed by atoms with Gasteiger partial charge in [0.2, 0.25) is 0 Å². The first-order valence-electron chi connectivity index (χ1n) is 5.01. The van der Waals surface area contributed by atoms with Crippen molar-refractivity contribution in [2.24, 2.45) is 0 Å². The third-order valence-corrected chi connectivity index (χ3v) is 2.24. The maximum atomic E-state index is 9.57. The molecule has 0 aromatic carbocycles. The van der Waals surface area contributed by atoms with E-state index < -0.39 is 37.1 Å². The zero-order chi connectivity index (χ0) is 12.7. The molecule has 0 radical (unpaired) electrons. The van der Waals surface area contributed by atoms with Crippen molar-refractivity contribution in [2.45, 2.75) is 37.4 Å². The van der Waals surface area contributed by atoms with Gasteiger partial charge in [-0.2, -0.15) is 0 Å². The molecular weight excluding hydrogens is 216 g/mol. The molecule has 0 spiro atoms. The van der Waals surface area contributed by atoms with Crippen LogP contribution in [0.5, 0.6) is 0 Å². The first kappa shape index (κ1) is 15.5. The van der Waals surface area contributed by atoms with Crippen LogP contribution in [0.15, 0.2) is 12.7 Å². The van der Waals surface area contributed by atoms with Gasteiger partial charge in [-0.3, -0.25) is 0 Å². The van der Waals surface area contributed by atoms with Crippen molar-refractivity contribution in [3.8, 4) is 0 Å². The summed E-state index contributed by atoms with van der Waals surface area (Å²) in [5, 5.41) is 46.0. The summed E-state index contributed by atoms with van der Waals surface area (Å²) >= 11 is 0. The van der Waals surface area contributed by atoms with E-state index in [1.165, 1.54) is 13.0 Å². The average Bonchev–Trinajstić information content (AvgIpc) is 2.31. The smallest absolute Gasteiger partial charge is 0.111 e. The number of hydrogen-bond donors (Lipinski definition) is 5. The van der Waals surface area contributed by atoms with E-state index in [0.29, 0.717) is 0 Å². The van der Waals surface area contributed by atoms with Crippen molar-refractivity contribution in [3.05, 3.63) is 12.7 Å². The van der Waals surface area contributed by atoms with E-state index in [-0.39, 0.29) is 6.61 Å². The summed E-state index contributed by atoms with van der Waals surface area (Å²) in [6.45, 7) is 4.43. The highest BCUT2D eigenvalue weighted by Crippen LogP contribution is 2.10. The molecule has 0 fully saturated rings. The molecule has 0 aliphatic rings. The maximum Gasteiger partial charge on any atom is 0.111 e. The van der Waals surface area contributed by atoms with Gasteiger partial charge in [-0.1, -0.05) is 6.08 Å². The van der Waals surface area contributed by atoms with Gasteiger partial charge < -0.3 is 30.3 Å². The van der Waals surface area contributed by atoms with Crippen molar-refractivity contribution in [1.82, 2.24) is 0 Å². The van der Waals surface area contributed by atoms with Crippen LogP contribution in [0.25, 0.3) is 0 Å². The lowest BCUT2D eigenvalue weighted by atomic mass is 10.0. The second kappa shape index (κ2) is 7.72. The number of ether oxygens (including phenoxy) is 1. The Bertz CT molecular complexity index is 198. The largest absolute Gasteiger partial charge is 0.394 e. The van der Waals surface area contributed by atoms with Gasteiger partial charge in [0.15, 0.2) is 0 Å². The van der Waals surface area contributed by atoms with E-state index in [2.05, 4.69) is 6.58 Å². The van der Waals surface area contributed by atoms with Crippen LogP contribution in [-0.4, -0.2) is 69.3 Å². The SMILES string of the molecule is C=CCOC(C)C(O)C(O)C(O)C(O)CO. The highest BCUT2D eigenvalue weighted by atomic mass is 16.5. The zero-order valence-electron chi connectivity index (χ0n) is 9.23. The molecule has 0 aliphatic carbocycles. The molecule has 0 rings (SSSR count). The molecule has 0 aromatic heterocycles. The van der Waals surface area contributed by atoms with Crippen LogP contribution in [-0.2, 0) is 4.74 Å². The Morgan fingerprint density at radius 3 is 2.12 bits per heavy atom. The van der Waals surface area contributed by atoms with Gasteiger partial charge in [0, 0.05) is 0 Å². The average molecular weight is 236 g/mol. The first-order chi connectivity index (χ1) is 7.45. The summed E-state index contributed by atoms with van der Waals surface area (Å²) in [6.07, 6.45) is -5.34. The molecule has 6 nitrogen and oxygen atoms in total. The normalized spacial score (nSPS) is 20.9. The molecule has 0 heterocycles. The topological polar surface area (TPSA) is 110 Å². The molecular formula is C10H20O6. The van der Waals surface area contributed by atoms with Crippen LogP contribution in [0.1, 0.15) is 6.92 Å². The third kappa shape index (κ3) is 4.56. The molecule has 6 heteroatoms. The molecule has 0 amide bonds. The fourth-order valence-corrected chi connectivity index (χ4v) is 1.13. The molecule has 0 bridgehead atoms. The van der Waals surface area contributed by atoms with Gasteiger partial charge in [0.1, 0.15) is 24.4 Å².